The van der Waals surface area contributed by atoms with Gasteiger partial charge in [-0.1, -0.05) is 0 Å². The molecule has 1 aromatic heterocycles. The van der Waals surface area contributed by atoms with Gasteiger partial charge in [0.25, 0.3) is 0 Å². The maximum absolute atomic E-state index is 8.78. The summed E-state index contributed by atoms with van der Waals surface area (Å²) in [4.78, 5) is 17.4. The SMILES string of the molecule is CCO[Si](CCCN(CCC[Si](OCC)(OCC)OCC)c1ncnc(N=[N+]=[N-])n1)(OCC)OCC. The molecular weight excluding hydrogens is 502 g/mol. The lowest BCUT2D eigenvalue weighted by molar-refractivity contribution is 0.0705. The first-order valence-corrected chi connectivity index (χ1v) is 16.7. The first-order valence-electron chi connectivity index (χ1n) is 12.8. The van der Waals surface area contributed by atoms with E-state index in [1.807, 2.05) is 46.4 Å². The monoisotopic (exact) mass is 545 g/mol. The highest BCUT2D eigenvalue weighted by Crippen LogP contribution is 2.22. The van der Waals surface area contributed by atoms with E-state index in [2.05, 4.69) is 25.0 Å². The molecule has 0 aliphatic carbocycles. The Hall–Kier alpha value is -1.69. The fourth-order valence-corrected chi connectivity index (χ4v) is 8.99. The van der Waals surface area contributed by atoms with Crippen LogP contribution < -0.4 is 4.90 Å². The number of hydrogen-bond acceptors (Lipinski definition) is 11. The number of hydrogen-bond donors (Lipinski definition) is 0. The average Bonchev–Trinajstić information content (AvgIpc) is 2.84. The Bertz CT molecular complexity index is 710. The van der Waals surface area contributed by atoms with Gasteiger partial charge >= 0.3 is 17.6 Å². The van der Waals surface area contributed by atoms with Gasteiger partial charge in [0.05, 0.1) is 0 Å². The number of nitrogens with zero attached hydrogens (tertiary/aromatic N) is 7. The molecule has 13 nitrogen and oxygen atoms in total. The molecule has 15 heteroatoms. The standard InChI is InChI=1S/C21H43N7O6Si2/c1-7-29-35(30-8-2,31-9-3)17-13-15-28(21-24-19-23-20(25-21)26-27-22)16-14-18-36(32-10-4,33-11-5)34-12-6/h19H,7-18H2,1-6H3. The molecule has 0 spiro atoms. The maximum atomic E-state index is 8.78. The summed E-state index contributed by atoms with van der Waals surface area (Å²) in [6, 6.07) is 1.31. The van der Waals surface area contributed by atoms with Crippen LogP contribution in [0.15, 0.2) is 11.4 Å². The Balaban J connectivity index is 3.04. The van der Waals surface area contributed by atoms with Gasteiger partial charge in [-0.25, -0.2) is 9.97 Å². The minimum Gasteiger partial charge on any atom is -0.374 e. The molecule has 0 aromatic carbocycles. The number of anilines is 1. The molecule has 206 valence electrons. The van der Waals surface area contributed by atoms with Gasteiger partial charge in [0.15, 0.2) is 0 Å². The first kappa shape index (κ1) is 32.3. The number of aromatic nitrogens is 3. The highest BCUT2D eigenvalue weighted by Gasteiger charge is 2.41. The summed E-state index contributed by atoms with van der Waals surface area (Å²) in [6.07, 6.45) is 2.82. The number of rotatable bonds is 22. The minimum atomic E-state index is -2.78. The molecule has 0 N–H and O–H groups in total. The van der Waals surface area contributed by atoms with Gasteiger partial charge in [-0.05, 0) is 65.0 Å². The van der Waals surface area contributed by atoms with Crippen molar-refractivity contribution >= 4 is 29.5 Å². The van der Waals surface area contributed by atoms with Crippen LogP contribution in [0.1, 0.15) is 54.4 Å². The van der Waals surface area contributed by atoms with Crippen molar-refractivity contribution < 1.29 is 26.6 Å². The molecule has 36 heavy (non-hydrogen) atoms. The van der Waals surface area contributed by atoms with Crippen LogP contribution in [0.3, 0.4) is 0 Å². The van der Waals surface area contributed by atoms with Gasteiger partial charge < -0.3 is 31.5 Å². The van der Waals surface area contributed by atoms with Crippen molar-refractivity contribution in [2.24, 2.45) is 5.11 Å². The predicted octanol–water partition coefficient (Wildman–Crippen LogP) is 4.50. The molecule has 0 unspecified atom stereocenters. The molecule has 0 bridgehead atoms. The van der Waals surface area contributed by atoms with E-state index in [0.717, 1.165) is 12.8 Å². The zero-order valence-electron chi connectivity index (χ0n) is 22.6. The molecule has 0 saturated heterocycles. The van der Waals surface area contributed by atoms with Crippen molar-refractivity contribution in [2.45, 2.75) is 66.5 Å². The summed E-state index contributed by atoms with van der Waals surface area (Å²) in [6.45, 7) is 16.1. The maximum Gasteiger partial charge on any atom is 0.500 e. The molecule has 1 heterocycles. The predicted molar refractivity (Wildman–Crippen MR) is 141 cm³/mol. The van der Waals surface area contributed by atoms with Gasteiger partial charge in [0.1, 0.15) is 6.33 Å². The fourth-order valence-electron chi connectivity index (χ4n) is 3.81. The van der Waals surface area contributed by atoms with Crippen molar-refractivity contribution in [2.75, 3.05) is 57.6 Å². The Morgan fingerprint density at radius 3 is 1.53 bits per heavy atom. The molecular formula is C21H43N7O6Si2. The van der Waals surface area contributed by atoms with Gasteiger partial charge in [-0.2, -0.15) is 4.98 Å². The second-order valence-corrected chi connectivity index (χ2v) is 12.9. The molecule has 0 aliphatic rings. The second-order valence-electron chi connectivity index (χ2n) is 7.43. The molecule has 0 aliphatic heterocycles. The van der Waals surface area contributed by atoms with E-state index >= 15 is 0 Å². The van der Waals surface area contributed by atoms with Gasteiger partial charge in [0.2, 0.25) is 11.9 Å². The van der Waals surface area contributed by atoms with Crippen molar-refractivity contribution in [1.82, 2.24) is 15.0 Å². The van der Waals surface area contributed by atoms with Gasteiger partial charge in [0, 0.05) is 69.7 Å². The van der Waals surface area contributed by atoms with E-state index in [0.29, 0.717) is 70.8 Å². The van der Waals surface area contributed by atoms with Crippen LogP contribution in [0, 0.1) is 0 Å². The third-order valence-corrected chi connectivity index (χ3v) is 11.3. The van der Waals surface area contributed by atoms with Crippen molar-refractivity contribution in [1.29, 1.82) is 0 Å². The highest BCUT2D eigenvalue weighted by atomic mass is 28.4. The van der Waals surface area contributed by atoms with Crippen molar-refractivity contribution in [3.8, 4) is 0 Å². The summed E-state index contributed by atoms with van der Waals surface area (Å²) in [5.74, 6) is 0.455. The zero-order valence-corrected chi connectivity index (χ0v) is 24.6. The van der Waals surface area contributed by atoms with Crippen LogP contribution in [-0.4, -0.2) is 85.3 Å². The van der Waals surface area contributed by atoms with Gasteiger partial charge in [-0.15, -0.1) is 0 Å². The lowest BCUT2D eigenvalue weighted by Crippen LogP contribution is -2.47. The van der Waals surface area contributed by atoms with Crippen LogP contribution >= 0.6 is 0 Å². The Kier molecular flexibility index (Phi) is 16.7. The molecule has 0 saturated carbocycles. The van der Waals surface area contributed by atoms with Crippen LogP contribution in [0.5, 0.6) is 0 Å². The first-order chi connectivity index (χ1) is 17.5. The molecule has 1 rings (SSSR count). The minimum absolute atomic E-state index is 0.0239. The summed E-state index contributed by atoms with van der Waals surface area (Å²) in [5, 5.41) is 3.52. The molecule has 1 aromatic rings. The quantitative estimate of drug-likeness (QED) is 0.0883. The van der Waals surface area contributed by atoms with E-state index in [4.69, 9.17) is 32.1 Å². The zero-order chi connectivity index (χ0) is 26.7. The van der Waals surface area contributed by atoms with E-state index < -0.39 is 17.6 Å². The lowest BCUT2D eigenvalue weighted by atomic mass is 10.3. The Morgan fingerprint density at radius 1 is 0.750 bits per heavy atom. The van der Waals surface area contributed by atoms with Crippen molar-refractivity contribution in [3.63, 3.8) is 0 Å². The molecule has 0 fully saturated rings. The Labute approximate surface area is 217 Å². The van der Waals surface area contributed by atoms with E-state index in [1.165, 1.54) is 6.33 Å². The third-order valence-electron chi connectivity index (χ3n) is 4.97. The molecule has 0 atom stereocenters. The van der Waals surface area contributed by atoms with E-state index in [9.17, 15) is 0 Å². The van der Waals surface area contributed by atoms with Crippen LogP contribution in [0.25, 0.3) is 10.4 Å². The number of azide groups is 1. The summed E-state index contributed by atoms with van der Waals surface area (Å²) in [5.41, 5.74) is 8.78. The Morgan fingerprint density at radius 2 is 1.17 bits per heavy atom. The molecule has 0 radical (unpaired) electrons. The van der Waals surface area contributed by atoms with E-state index in [1.54, 1.807) is 0 Å². The van der Waals surface area contributed by atoms with Gasteiger partial charge in [-0.3, -0.25) is 0 Å². The smallest absolute Gasteiger partial charge is 0.374 e. The average molecular weight is 546 g/mol. The van der Waals surface area contributed by atoms with Crippen LogP contribution in [0.2, 0.25) is 12.1 Å². The topological polar surface area (TPSA) is 146 Å². The third kappa shape index (κ3) is 11.1. The normalized spacial score (nSPS) is 11.9. The fraction of sp³-hybridized carbons (Fsp3) is 0.857. The van der Waals surface area contributed by atoms with Crippen LogP contribution in [-0.2, 0) is 26.6 Å². The molecule has 0 amide bonds. The van der Waals surface area contributed by atoms with Crippen LogP contribution in [0.4, 0.5) is 11.9 Å². The summed E-state index contributed by atoms with van der Waals surface area (Å²) in [7, 11) is -5.56. The lowest BCUT2D eigenvalue weighted by Gasteiger charge is -2.31. The highest BCUT2D eigenvalue weighted by molar-refractivity contribution is 6.61. The summed E-state index contributed by atoms with van der Waals surface area (Å²) >= 11 is 0. The summed E-state index contributed by atoms with van der Waals surface area (Å²) < 4.78 is 35.9. The largest absolute Gasteiger partial charge is 0.500 e. The van der Waals surface area contributed by atoms with Crippen molar-refractivity contribution in [3.05, 3.63) is 16.8 Å². The second kappa shape index (κ2) is 18.5. The van der Waals surface area contributed by atoms with E-state index in [-0.39, 0.29) is 5.95 Å².